The summed E-state index contributed by atoms with van der Waals surface area (Å²) in [5.41, 5.74) is 0.956. The highest BCUT2D eigenvalue weighted by atomic mass is 16.2. The average Bonchev–Trinajstić information content (AvgIpc) is 3.21. The fourth-order valence-electron chi connectivity index (χ4n) is 2.51. The first-order valence-electron chi connectivity index (χ1n) is 7.53. The van der Waals surface area contributed by atoms with Crippen LogP contribution in [0.25, 0.3) is 0 Å². The van der Waals surface area contributed by atoms with Crippen LogP contribution >= 0.6 is 0 Å². The lowest BCUT2D eigenvalue weighted by molar-refractivity contribution is -0.123. The molecule has 1 aromatic carbocycles. The summed E-state index contributed by atoms with van der Waals surface area (Å²) in [7, 11) is 1.83. The number of rotatable bonds is 6. The van der Waals surface area contributed by atoms with Crippen molar-refractivity contribution < 1.29 is 4.79 Å². The fourth-order valence-corrected chi connectivity index (χ4v) is 2.51. The average molecular weight is 309 g/mol. The number of carbonyl (C=O) groups excluding carboxylic acids is 1. The fraction of sp³-hybridized carbons (Fsp3) is 0.235. The van der Waals surface area contributed by atoms with Crippen molar-refractivity contribution in [2.24, 2.45) is 7.05 Å². The molecule has 0 radical (unpaired) electrons. The lowest BCUT2D eigenvalue weighted by atomic mass is 10.1. The maximum absolute atomic E-state index is 12.7. The van der Waals surface area contributed by atoms with Gasteiger partial charge in [0.25, 0.3) is 0 Å². The van der Waals surface area contributed by atoms with Crippen LogP contribution < -0.4 is 5.32 Å². The van der Waals surface area contributed by atoms with Crippen molar-refractivity contribution in [3.05, 3.63) is 72.6 Å². The first kappa shape index (κ1) is 15.0. The van der Waals surface area contributed by atoms with Crippen LogP contribution in [0.15, 0.2) is 61.2 Å². The van der Waals surface area contributed by atoms with Crippen molar-refractivity contribution in [2.75, 3.05) is 6.54 Å². The number of nitrogens with one attached hydrogen (secondary N) is 1. The molecule has 0 fully saturated rings. The summed E-state index contributed by atoms with van der Waals surface area (Å²) in [6, 6.07) is 13.2. The van der Waals surface area contributed by atoms with E-state index in [0.29, 0.717) is 13.0 Å². The first-order valence-corrected chi connectivity index (χ1v) is 7.53. The summed E-state index contributed by atoms with van der Waals surface area (Å²) in [5.74, 6) is 0.688. The minimum atomic E-state index is -0.372. The van der Waals surface area contributed by atoms with Crippen molar-refractivity contribution in [3.63, 3.8) is 0 Å². The highest BCUT2D eigenvalue weighted by molar-refractivity contribution is 5.83. The van der Waals surface area contributed by atoms with Crippen molar-refractivity contribution in [1.82, 2.24) is 24.6 Å². The molecule has 0 bridgehead atoms. The Morgan fingerprint density at radius 3 is 2.57 bits per heavy atom. The normalized spacial score (nSPS) is 12.0. The van der Waals surface area contributed by atoms with Crippen LogP contribution in [-0.4, -0.2) is 31.8 Å². The Bertz CT molecular complexity index is 748. The van der Waals surface area contributed by atoms with Gasteiger partial charge in [-0.2, -0.15) is 5.10 Å². The number of nitrogens with zero attached hydrogens (tertiary/aromatic N) is 4. The van der Waals surface area contributed by atoms with Crippen LogP contribution in [0.2, 0.25) is 0 Å². The number of hydrogen-bond donors (Lipinski definition) is 1. The number of aromatic nitrogens is 4. The van der Waals surface area contributed by atoms with E-state index in [4.69, 9.17) is 0 Å². The van der Waals surface area contributed by atoms with Crippen LogP contribution in [-0.2, 0) is 18.3 Å². The zero-order valence-electron chi connectivity index (χ0n) is 13.0. The summed E-state index contributed by atoms with van der Waals surface area (Å²) in [4.78, 5) is 16.8. The molecule has 0 aliphatic heterocycles. The largest absolute Gasteiger partial charge is 0.354 e. The van der Waals surface area contributed by atoms with Crippen molar-refractivity contribution in [1.29, 1.82) is 0 Å². The molecule has 0 saturated carbocycles. The van der Waals surface area contributed by atoms with Gasteiger partial charge in [-0.05, 0) is 17.7 Å². The predicted molar refractivity (Wildman–Crippen MR) is 86.7 cm³/mol. The second-order valence-electron chi connectivity index (χ2n) is 5.32. The molecule has 6 heteroatoms. The molecule has 1 N–H and O–H groups in total. The van der Waals surface area contributed by atoms with Gasteiger partial charge in [-0.1, -0.05) is 30.3 Å². The van der Waals surface area contributed by atoms with E-state index in [1.165, 1.54) is 0 Å². The Morgan fingerprint density at radius 1 is 1.17 bits per heavy atom. The summed E-state index contributed by atoms with van der Waals surface area (Å²) in [6.07, 6.45) is 6.07. The first-order chi connectivity index (χ1) is 11.2. The van der Waals surface area contributed by atoms with E-state index in [-0.39, 0.29) is 11.9 Å². The number of hydrogen-bond acceptors (Lipinski definition) is 3. The van der Waals surface area contributed by atoms with E-state index in [9.17, 15) is 4.79 Å². The van der Waals surface area contributed by atoms with Gasteiger partial charge in [0.2, 0.25) is 5.91 Å². The standard InChI is InChI=1S/C17H19N5O/c1-21-13-19-15(20-21)9-10-18-17(23)16(22-11-5-6-12-22)14-7-3-2-4-8-14/h2-8,11-13,16H,9-10H2,1H3,(H,18,23). The van der Waals surface area contributed by atoms with Crippen LogP contribution in [0.5, 0.6) is 0 Å². The molecular formula is C17H19N5O. The molecule has 0 spiro atoms. The summed E-state index contributed by atoms with van der Waals surface area (Å²) >= 11 is 0. The predicted octanol–water partition coefficient (Wildman–Crippen LogP) is 1.56. The van der Waals surface area contributed by atoms with Gasteiger partial charge in [0, 0.05) is 32.4 Å². The Balaban J connectivity index is 1.68. The number of amides is 1. The Kier molecular flexibility index (Phi) is 4.52. The third-order valence-corrected chi connectivity index (χ3v) is 3.58. The molecule has 23 heavy (non-hydrogen) atoms. The quantitative estimate of drug-likeness (QED) is 0.751. The van der Waals surface area contributed by atoms with Crippen molar-refractivity contribution in [3.8, 4) is 0 Å². The van der Waals surface area contributed by atoms with Gasteiger partial charge in [0.05, 0.1) is 0 Å². The monoisotopic (exact) mass is 309 g/mol. The molecule has 1 unspecified atom stereocenters. The van der Waals surface area contributed by atoms with Crippen LogP contribution in [0.3, 0.4) is 0 Å². The third-order valence-electron chi connectivity index (χ3n) is 3.58. The molecule has 0 aliphatic rings. The summed E-state index contributed by atoms with van der Waals surface area (Å²) < 4.78 is 3.56. The number of carbonyl (C=O) groups is 1. The highest BCUT2D eigenvalue weighted by Crippen LogP contribution is 2.18. The van der Waals surface area contributed by atoms with Gasteiger partial charge in [0.1, 0.15) is 12.4 Å². The second kappa shape index (κ2) is 6.91. The summed E-state index contributed by atoms with van der Waals surface area (Å²) in [5, 5.41) is 7.19. The van der Waals surface area contributed by atoms with Crippen LogP contribution in [0.1, 0.15) is 17.4 Å². The molecule has 3 aromatic rings. The van der Waals surface area contributed by atoms with Gasteiger partial charge in [0.15, 0.2) is 5.82 Å². The third kappa shape index (κ3) is 3.66. The van der Waals surface area contributed by atoms with Gasteiger partial charge in [-0.15, -0.1) is 0 Å². The Morgan fingerprint density at radius 2 is 1.91 bits per heavy atom. The van der Waals surface area contributed by atoms with E-state index < -0.39 is 0 Å². The SMILES string of the molecule is Cn1cnc(CCNC(=O)C(c2ccccc2)n2cccc2)n1. The molecule has 118 valence electrons. The molecule has 2 heterocycles. The van der Waals surface area contributed by atoms with Crippen molar-refractivity contribution >= 4 is 5.91 Å². The molecule has 3 rings (SSSR count). The Hall–Kier alpha value is -2.89. The molecular weight excluding hydrogens is 290 g/mol. The van der Waals surface area contributed by atoms with E-state index in [2.05, 4.69) is 15.4 Å². The van der Waals surface area contributed by atoms with E-state index in [1.54, 1.807) is 11.0 Å². The molecule has 1 atom stereocenters. The maximum atomic E-state index is 12.7. The molecule has 1 amide bonds. The van der Waals surface area contributed by atoms with Gasteiger partial charge >= 0.3 is 0 Å². The minimum absolute atomic E-state index is 0.0386. The van der Waals surface area contributed by atoms with Crippen LogP contribution in [0.4, 0.5) is 0 Å². The highest BCUT2D eigenvalue weighted by Gasteiger charge is 2.21. The number of aryl methyl sites for hydroxylation is 1. The van der Waals surface area contributed by atoms with Gasteiger partial charge in [-0.25, -0.2) is 4.98 Å². The van der Waals surface area contributed by atoms with Crippen molar-refractivity contribution in [2.45, 2.75) is 12.5 Å². The van der Waals surface area contributed by atoms with Gasteiger partial charge < -0.3 is 9.88 Å². The van der Waals surface area contributed by atoms with Gasteiger partial charge in [-0.3, -0.25) is 9.48 Å². The van der Waals surface area contributed by atoms with E-state index in [1.807, 2.05) is 66.5 Å². The topological polar surface area (TPSA) is 64.7 Å². The second-order valence-corrected chi connectivity index (χ2v) is 5.32. The van der Waals surface area contributed by atoms with E-state index in [0.717, 1.165) is 11.4 Å². The smallest absolute Gasteiger partial charge is 0.247 e. The molecule has 2 aromatic heterocycles. The van der Waals surface area contributed by atoms with E-state index >= 15 is 0 Å². The van der Waals surface area contributed by atoms with Crippen LogP contribution in [0, 0.1) is 0 Å². The summed E-state index contributed by atoms with van der Waals surface area (Å²) in [6.45, 7) is 0.507. The zero-order chi connectivity index (χ0) is 16.1. The number of benzene rings is 1. The zero-order valence-corrected chi connectivity index (χ0v) is 13.0. The lowest BCUT2D eigenvalue weighted by Crippen LogP contribution is -2.34. The maximum Gasteiger partial charge on any atom is 0.247 e. The molecule has 0 saturated heterocycles. The molecule has 6 nitrogen and oxygen atoms in total. The lowest BCUT2D eigenvalue weighted by Gasteiger charge is -2.19. The minimum Gasteiger partial charge on any atom is -0.354 e. The Labute approximate surface area is 134 Å². The molecule has 0 aliphatic carbocycles.